The van der Waals surface area contributed by atoms with Crippen molar-refractivity contribution in [2.24, 2.45) is 4.99 Å². The number of halogens is 1. The first-order valence-corrected chi connectivity index (χ1v) is 9.51. The van der Waals surface area contributed by atoms with Crippen LogP contribution in [0.4, 0.5) is 5.69 Å². The number of hydrogen-bond acceptors (Lipinski definition) is 6. The van der Waals surface area contributed by atoms with Crippen molar-refractivity contribution < 1.29 is 19.4 Å². The minimum absolute atomic E-state index is 0.230. The van der Waals surface area contributed by atoms with Crippen molar-refractivity contribution in [2.75, 3.05) is 6.61 Å². The first-order valence-electron chi connectivity index (χ1n) is 8.31. The lowest BCUT2D eigenvalue weighted by atomic mass is 10.1. The summed E-state index contributed by atoms with van der Waals surface area (Å²) in [6, 6.07) is 10.6. The van der Waals surface area contributed by atoms with Crippen LogP contribution in [0, 0.1) is 13.8 Å². The van der Waals surface area contributed by atoms with Gasteiger partial charge < -0.3 is 20.0 Å². The van der Waals surface area contributed by atoms with Crippen LogP contribution in [0.25, 0.3) is 6.08 Å². The molecule has 0 radical (unpaired) electrons. The molecule has 0 aliphatic carbocycles. The van der Waals surface area contributed by atoms with Crippen LogP contribution in [0.1, 0.15) is 16.7 Å². The van der Waals surface area contributed by atoms with Crippen LogP contribution in [0.15, 0.2) is 46.3 Å². The molecule has 1 amide bonds. The molecule has 28 heavy (non-hydrogen) atoms. The number of amidine groups is 1. The number of thioether (sulfide) groups is 1. The van der Waals surface area contributed by atoms with E-state index in [1.54, 1.807) is 24.3 Å². The quantitative estimate of drug-likeness (QED) is 0.758. The Kier molecular flexibility index (Phi) is 6.06. The number of carbonyl (C=O) groups is 2. The molecule has 2 aromatic rings. The molecule has 8 heteroatoms. The first-order chi connectivity index (χ1) is 13.3. The largest absolute Gasteiger partial charge is 0.546 e. The first kappa shape index (κ1) is 20.0. The number of carboxylic acids is 1. The fraction of sp³-hybridized carbons (Fsp3) is 0.150. The molecular weight excluding hydrogens is 400 g/mol. The molecule has 2 aromatic carbocycles. The summed E-state index contributed by atoms with van der Waals surface area (Å²) < 4.78 is 5.03. The Morgan fingerprint density at radius 2 is 2.11 bits per heavy atom. The number of aliphatic imine (C=N–C) groups is 1. The van der Waals surface area contributed by atoms with Gasteiger partial charge in [-0.2, -0.15) is 0 Å². The molecule has 1 aliphatic rings. The maximum absolute atomic E-state index is 12.2. The van der Waals surface area contributed by atoms with Gasteiger partial charge in [-0.05, 0) is 66.6 Å². The van der Waals surface area contributed by atoms with E-state index in [1.807, 2.05) is 32.0 Å². The van der Waals surface area contributed by atoms with E-state index in [0.717, 1.165) is 16.8 Å². The van der Waals surface area contributed by atoms with E-state index in [-0.39, 0.29) is 16.7 Å². The average molecular weight is 416 g/mol. The van der Waals surface area contributed by atoms with E-state index in [0.29, 0.717) is 15.6 Å². The van der Waals surface area contributed by atoms with E-state index < -0.39 is 12.6 Å². The summed E-state index contributed by atoms with van der Waals surface area (Å²) in [7, 11) is 0. The van der Waals surface area contributed by atoms with E-state index in [2.05, 4.69) is 10.3 Å². The van der Waals surface area contributed by atoms with Crippen molar-refractivity contribution in [2.45, 2.75) is 13.8 Å². The van der Waals surface area contributed by atoms with Gasteiger partial charge in [0.15, 0.2) is 5.17 Å². The van der Waals surface area contributed by atoms with Crippen LogP contribution in [-0.4, -0.2) is 23.7 Å². The molecule has 144 valence electrons. The second-order valence-corrected chi connectivity index (χ2v) is 7.49. The van der Waals surface area contributed by atoms with E-state index in [9.17, 15) is 14.7 Å². The lowest BCUT2D eigenvalue weighted by Crippen LogP contribution is -2.28. The van der Waals surface area contributed by atoms with Crippen LogP contribution in [0.2, 0.25) is 5.02 Å². The lowest BCUT2D eigenvalue weighted by molar-refractivity contribution is -0.307. The fourth-order valence-electron chi connectivity index (χ4n) is 2.46. The molecule has 0 saturated carbocycles. The predicted octanol–water partition coefficient (Wildman–Crippen LogP) is 2.98. The summed E-state index contributed by atoms with van der Waals surface area (Å²) in [5.74, 6) is -1.35. The molecule has 6 nitrogen and oxygen atoms in total. The van der Waals surface area contributed by atoms with Gasteiger partial charge >= 0.3 is 0 Å². The molecule has 0 bridgehead atoms. The zero-order valence-electron chi connectivity index (χ0n) is 15.1. The molecule has 1 heterocycles. The van der Waals surface area contributed by atoms with Crippen molar-refractivity contribution in [3.63, 3.8) is 0 Å². The topological polar surface area (TPSA) is 90.8 Å². The second-order valence-electron chi connectivity index (χ2n) is 6.05. The summed E-state index contributed by atoms with van der Waals surface area (Å²) in [5, 5.41) is 14.0. The number of nitrogens with zero attached hydrogens (tertiary/aromatic N) is 1. The number of nitrogens with one attached hydrogen (secondary N) is 1. The highest BCUT2D eigenvalue weighted by Crippen LogP contribution is 2.31. The second kappa shape index (κ2) is 8.50. The number of benzene rings is 2. The van der Waals surface area contributed by atoms with Crippen molar-refractivity contribution in [3.8, 4) is 5.75 Å². The lowest BCUT2D eigenvalue weighted by Gasteiger charge is -2.08. The van der Waals surface area contributed by atoms with E-state index in [1.165, 1.54) is 11.8 Å². The van der Waals surface area contributed by atoms with Crippen LogP contribution >= 0.6 is 23.4 Å². The highest BCUT2D eigenvalue weighted by Gasteiger charge is 2.24. The average Bonchev–Trinajstić information content (AvgIpc) is 2.97. The minimum Gasteiger partial charge on any atom is -0.546 e. The Labute approximate surface area is 171 Å². The van der Waals surface area contributed by atoms with Crippen LogP contribution in [0.5, 0.6) is 5.75 Å². The smallest absolute Gasteiger partial charge is 0.264 e. The number of rotatable bonds is 5. The molecule has 1 saturated heterocycles. The van der Waals surface area contributed by atoms with E-state index in [4.69, 9.17) is 16.3 Å². The van der Waals surface area contributed by atoms with Crippen LogP contribution < -0.4 is 15.2 Å². The van der Waals surface area contributed by atoms with Crippen LogP contribution in [0.3, 0.4) is 0 Å². The number of hydrogen-bond donors (Lipinski definition) is 1. The molecule has 0 atom stereocenters. The van der Waals surface area contributed by atoms with Gasteiger partial charge in [0.25, 0.3) is 5.91 Å². The van der Waals surface area contributed by atoms with Crippen molar-refractivity contribution in [1.82, 2.24) is 5.32 Å². The van der Waals surface area contributed by atoms with Gasteiger partial charge in [0.1, 0.15) is 12.4 Å². The fourth-order valence-corrected chi connectivity index (χ4v) is 3.54. The molecule has 1 fully saturated rings. The minimum atomic E-state index is -1.34. The summed E-state index contributed by atoms with van der Waals surface area (Å²) in [5.41, 5.74) is 3.67. The standard InChI is InChI=1S/C20H17ClN2O4S/c1-11-4-3-5-15(12(11)2)22-20-23-19(26)17(28-20)9-13-6-7-16(14(21)8-13)27-10-18(24)25/h3-9H,10H2,1-2H3,(H,24,25)(H,22,23,26)/p-1/b17-9+. The van der Waals surface area contributed by atoms with Gasteiger partial charge in [0, 0.05) is 0 Å². The predicted molar refractivity (Wildman–Crippen MR) is 109 cm³/mol. The normalized spacial score (nSPS) is 16.5. The van der Waals surface area contributed by atoms with Crippen molar-refractivity contribution in [1.29, 1.82) is 0 Å². The third-order valence-electron chi connectivity index (χ3n) is 4.05. The SMILES string of the molecule is Cc1cccc(N=C2NC(=O)/C(=C\c3ccc(OCC(=O)[O-])c(Cl)c3)S2)c1C. The number of ether oxygens (including phenoxy) is 1. The maximum atomic E-state index is 12.2. The summed E-state index contributed by atoms with van der Waals surface area (Å²) >= 11 is 7.34. The van der Waals surface area contributed by atoms with Gasteiger partial charge in [0.05, 0.1) is 21.6 Å². The van der Waals surface area contributed by atoms with Gasteiger partial charge in [-0.15, -0.1) is 0 Å². The molecule has 0 unspecified atom stereocenters. The molecule has 0 spiro atoms. The van der Waals surface area contributed by atoms with Crippen LogP contribution in [-0.2, 0) is 9.59 Å². The van der Waals surface area contributed by atoms with E-state index >= 15 is 0 Å². The summed E-state index contributed by atoms with van der Waals surface area (Å²) in [4.78, 5) is 27.7. The molecular formula is C20H16ClN2O4S-. The molecule has 3 rings (SSSR count). The van der Waals surface area contributed by atoms with Crippen molar-refractivity contribution in [3.05, 3.63) is 63.0 Å². The third kappa shape index (κ3) is 4.74. The number of aryl methyl sites for hydroxylation is 1. The monoisotopic (exact) mass is 415 g/mol. The Hall–Kier alpha value is -2.77. The highest BCUT2D eigenvalue weighted by atomic mass is 35.5. The maximum Gasteiger partial charge on any atom is 0.264 e. The highest BCUT2D eigenvalue weighted by molar-refractivity contribution is 8.18. The zero-order chi connectivity index (χ0) is 20.3. The summed E-state index contributed by atoms with van der Waals surface area (Å²) in [6.07, 6.45) is 1.68. The van der Waals surface area contributed by atoms with Gasteiger partial charge in [-0.25, -0.2) is 4.99 Å². The van der Waals surface area contributed by atoms with Gasteiger partial charge in [-0.3, -0.25) is 4.79 Å². The summed E-state index contributed by atoms with van der Waals surface area (Å²) in [6.45, 7) is 3.41. The molecule has 1 aliphatic heterocycles. The molecule has 1 N–H and O–H groups in total. The van der Waals surface area contributed by atoms with Crippen molar-refractivity contribution >= 4 is 52.2 Å². The third-order valence-corrected chi connectivity index (χ3v) is 5.25. The zero-order valence-corrected chi connectivity index (χ0v) is 16.7. The number of amides is 1. The number of carboxylic acid groups (broad SMARTS) is 1. The molecule has 0 aromatic heterocycles. The Morgan fingerprint density at radius 1 is 1.32 bits per heavy atom. The number of carbonyl (C=O) groups excluding carboxylic acids is 2. The van der Waals surface area contributed by atoms with Gasteiger partial charge in [-0.1, -0.05) is 29.8 Å². The Balaban J connectivity index is 1.79. The number of aliphatic carboxylic acids is 1. The Bertz CT molecular complexity index is 1020. The van der Waals surface area contributed by atoms with Gasteiger partial charge in [0.2, 0.25) is 0 Å². The Morgan fingerprint density at radius 3 is 2.82 bits per heavy atom.